The SMILES string of the molecule is CC(C)(C)C1CCC(=O)C(CN(CC2CC2)C2CC2)C1. The van der Waals surface area contributed by atoms with E-state index in [1.54, 1.807) is 0 Å². The minimum Gasteiger partial charge on any atom is -0.299 e. The number of carbonyl (C=O) groups excluding carboxylic acids is 1. The number of carbonyl (C=O) groups is 1. The van der Waals surface area contributed by atoms with Crippen molar-refractivity contribution < 1.29 is 4.79 Å². The molecule has 0 aromatic carbocycles. The zero-order valence-corrected chi connectivity index (χ0v) is 13.5. The highest BCUT2D eigenvalue weighted by Gasteiger charge is 2.39. The first-order valence-corrected chi connectivity index (χ1v) is 8.70. The van der Waals surface area contributed by atoms with Crippen molar-refractivity contribution in [3.63, 3.8) is 0 Å². The molecule has 2 atom stereocenters. The van der Waals surface area contributed by atoms with Crippen LogP contribution in [0.3, 0.4) is 0 Å². The Morgan fingerprint density at radius 2 is 1.75 bits per heavy atom. The first-order chi connectivity index (χ1) is 9.43. The number of Topliss-reactive ketones (excluding diaryl/α,β-unsaturated/α-hetero) is 1. The Balaban J connectivity index is 1.59. The van der Waals surface area contributed by atoms with E-state index in [1.807, 2.05) is 0 Å². The van der Waals surface area contributed by atoms with E-state index in [0.717, 1.165) is 43.7 Å². The Morgan fingerprint density at radius 1 is 1.05 bits per heavy atom. The summed E-state index contributed by atoms with van der Waals surface area (Å²) in [6, 6.07) is 0.818. The molecule has 3 rings (SSSR count). The predicted molar refractivity (Wildman–Crippen MR) is 82.6 cm³/mol. The molecule has 0 bridgehead atoms. The molecule has 0 aliphatic heterocycles. The number of rotatable bonds is 5. The third kappa shape index (κ3) is 3.63. The highest BCUT2D eigenvalue weighted by molar-refractivity contribution is 5.82. The Bertz CT molecular complexity index is 362. The second-order valence-corrected chi connectivity index (χ2v) is 8.63. The molecule has 0 aromatic heterocycles. The van der Waals surface area contributed by atoms with E-state index in [1.165, 1.54) is 32.2 Å². The lowest BCUT2D eigenvalue weighted by Gasteiger charge is -2.38. The lowest BCUT2D eigenvalue weighted by Crippen LogP contribution is -2.40. The molecule has 0 amide bonds. The summed E-state index contributed by atoms with van der Waals surface area (Å²) in [7, 11) is 0. The van der Waals surface area contributed by atoms with Gasteiger partial charge >= 0.3 is 0 Å². The van der Waals surface area contributed by atoms with Crippen LogP contribution in [0.4, 0.5) is 0 Å². The molecule has 0 heterocycles. The fraction of sp³-hybridized carbons (Fsp3) is 0.944. The fourth-order valence-corrected chi connectivity index (χ4v) is 3.80. The van der Waals surface area contributed by atoms with Gasteiger partial charge in [-0.2, -0.15) is 0 Å². The molecule has 0 aromatic rings. The summed E-state index contributed by atoms with van der Waals surface area (Å²) in [6.45, 7) is 9.36. The van der Waals surface area contributed by atoms with Crippen molar-refractivity contribution >= 4 is 5.78 Å². The normalized spacial score (nSPS) is 31.9. The van der Waals surface area contributed by atoms with Crippen LogP contribution in [0.1, 0.15) is 65.7 Å². The van der Waals surface area contributed by atoms with Crippen LogP contribution in [0.2, 0.25) is 0 Å². The minimum atomic E-state index is 0.326. The molecule has 0 saturated heterocycles. The number of ketones is 1. The second-order valence-electron chi connectivity index (χ2n) is 8.63. The van der Waals surface area contributed by atoms with Crippen LogP contribution in [0, 0.1) is 23.2 Å². The predicted octanol–water partition coefficient (Wildman–Crippen LogP) is 3.89. The van der Waals surface area contributed by atoms with Gasteiger partial charge in [-0.3, -0.25) is 9.69 Å². The Morgan fingerprint density at radius 3 is 2.30 bits per heavy atom. The molecular formula is C18H31NO. The van der Waals surface area contributed by atoms with Gasteiger partial charge in [0.05, 0.1) is 0 Å². The summed E-state index contributed by atoms with van der Waals surface area (Å²) in [5.41, 5.74) is 0.361. The molecule has 2 heteroatoms. The molecule has 20 heavy (non-hydrogen) atoms. The molecule has 2 nitrogen and oxygen atoms in total. The molecule has 3 saturated carbocycles. The molecule has 2 unspecified atom stereocenters. The van der Waals surface area contributed by atoms with Crippen LogP contribution >= 0.6 is 0 Å². The van der Waals surface area contributed by atoms with E-state index in [4.69, 9.17) is 0 Å². The lowest BCUT2D eigenvalue weighted by molar-refractivity contribution is -0.127. The summed E-state index contributed by atoms with van der Waals surface area (Å²) < 4.78 is 0. The van der Waals surface area contributed by atoms with E-state index >= 15 is 0 Å². The maximum absolute atomic E-state index is 12.3. The van der Waals surface area contributed by atoms with E-state index in [0.29, 0.717) is 17.1 Å². The van der Waals surface area contributed by atoms with Crippen LogP contribution in [0.15, 0.2) is 0 Å². The van der Waals surface area contributed by atoms with Crippen LogP contribution in [-0.4, -0.2) is 29.8 Å². The zero-order valence-electron chi connectivity index (χ0n) is 13.5. The summed E-state index contributed by atoms with van der Waals surface area (Å²) in [4.78, 5) is 15.0. The third-order valence-corrected chi connectivity index (χ3v) is 5.70. The van der Waals surface area contributed by atoms with Gasteiger partial charge in [-0.15, -0.1) is 0 Å². The van der Waals surface area contributed by atoms with Crippen molar-refractivity contribution in [2.45, 2.75) is 71.8 Å². The maximum atomic E-state index is 12.3. The van der Waals surface area contributed by atoms with Gasteiger partial charge in [-0.05, 0) is 55.8 Å². The van der Waals surface area contributed by atoms with E-state index < -0.39 is 0 Å². The Labute approximate surface area is 124 Å². The van der Waals surface area contributed by atoms with Gasteiger partial charge in [-0.25, -0.2) is 0 Å². The van der Waals surface area contributed by atoms with Crippen molar-refractivity contribution in [3.8, 4) is 0 Å². The Kier molecular flexibility index (Phi) is 3.96. The largest absolute Gasteiger partial charge is 0.299 e. The van der Waals surface area contributed by atoms with Crippen LogP contribution in [-0.2, 0) is 4.79 Å². The highest BCUT2D eigenvalue weighted by Crippen LogP contribution is 2.41. The number of hydrogen-bond donors (Lipinski definition) is 0. The minimum absolute atomic E-state index is 0.326. The van der Waals surface area contributed by atoms with Crippen molar-refractivity contribution in [2.24, 2.45) is 23.2 Å². The zero-order chi connectivity index (χ0) is 14.3. The van der Waals surface area contributed by atoms with Gasteiger partial charge in [0.15, 0.2) is 0 Å². The topological polar surface area (TPSA) is 20.3 Å². The van der Waals surface area contributed by atoms with Gasteiger partial charge in [0.2, 0.25) is 0 Å². The van der Waals surface area contributed by atoms with Crippen LogP contribution in [0.5, 0.6) is 0 Å². The summed E-state index contributed by atoms with van der Waals surface area (Å²) >= 11 is 0. The van der Waals surface area contributed by atoms with Crippen LogP contribution < -0.4 is 0 Å². The molecule has 0 spiro atoms. The first-order valence-electron chi connectivity index (χ1n) is 8.70. The van der Waals surface area contributed by atoms with Crippen LogP contribution in [0.25, 0.3) is 0 Å². The maximum Gasteiger partial charge on any atom is 0.137 e. The molecular weight excluding hydrogens is 246 g/mol. The fourth-order valence-electron chi connectivity index (χ4n) is 3.80. The van der Waals surface area contributed by atoms with E-state index in [-0.39, 0.29) is 0 Å². The van der Waals surface area contributed by atoms with Gasteiger partial charge in [0.25, 0.3) is 0 Å². The van der Waals surface area contributed by atoms with Gasteiger partial charge in [0.1, 0.15) is 5.78 Å². The number of nitrogens with zero attached hydrogens (tertiary/aromatic N) is 1. The molecule has 0 N–H and O–H groups in total. The smallest absolute Gasteiger partial charge is 0.137 e. The van der Waals surface area contributed by atoms with E-state index in [9.17, 15) is 4.79 Å². The van der Waals surface area contributed by atoms with Crippen molar-refractivity contribution in [2.75, 3.05) is 13.1 Å². The summed E-state index contributed by atoms with van der Waals surface area (Å²) in [6.07, 6.45) is 8.67. The molecule has 3 aliphatic rings. The third-order valence-electron chi connectivity index (χ3n) is 5.70. The molecule has 114 valence electrons. The van der Waals surface area contributed by atoms with Crippen molar-refractivity contribution in [1.29, 1.82) is 0 Å². The van der Waals surface area contributed by atoms with Crippen molar-refractivity contribution in [3.05, 3.63) is 0 Å². The molecule has 3 fully saturated rings. The highest BCUT2D eigenvalue weighted by atomic mass is 16.1. The van der Waals surface area contributed by atoms with Gasteiger partial charge < -0.3 is 0 Å². The molecule has 0 radical (unpaired) electrons. The average Bonchev–Trinajstić information content (AvgIpc) is 3.24. The van der Waals surface area contributed by atoms with E-state index in [2.05, 4.69) is 25.7 Å². The first kappa shape index (κ1) is 14.6. The Hall–Kier alpha value is -0.370. The quantitative estimate of drug-likeness (QED) is 0.760. The van der Waals surface area contributed by atoms with Gasteiger partial charge in [0, 0.05) is 31.5 Å². The standard InChI is InChI=1S/C18H31NO/c1-18(2,3)15-6-9-17(20)14(10-15)12-19(16-7-8-16)11-13-4-5-13/h13-16H,4-12H2,1-3H3. The summed E-state index contributed by atoms with van der Waals surface area (Å²) in [5, 5.41) is 0. The monoisotopic (exact) mass is 277 g/mol. The lowest BCUT2D eigenvalue weighted by atomic mass is 9.68. The number of hydrogen-bond acceptors (Lipinski definition) is 2. The van der Waals surface area contributed by atoms with Gasteiger partial charge in [-0.1, -0.05) is 20.8 Å². The average molecular weight is 277 g/mol. The van der Waals surface area contributed by atoms with Crippen molar-refractivity contribution in [1.82, 2.24) is 4.90 Å². The molecule has 3 aliphatic carbocycles. The summed E-state index contributed by atoms with van der Waals surface area (Å²) in [5.74, 6) is 2.55. The second kappa shape index (κ2) is 5.44.